The average Bonchev–Trinajstić information content (AvgIpc) is 2.84. The van der Waals surface area contributed by atoms with Gasteiger partial charge in [0.1, 0.15) is 5.82 Å². The molecule has 1 aliphatic carbocycles. The predicted octanol–water partition coefficient (Wildman–Crippen LogP) is 3.25. The molecule has 1 atom stereocenters. The molecule has 3 rings (SSSR count). The Morgan fingerprint density at radius 2 is 2.26 bits per heavy atom. The third kappa shape index (κ3) is 2.11. The number of benzene rings is 1. The van der Waals surface area contributed by atoms with Crippen molar-refractivity contribution in [1.29, 1.82) is 0 Å². The fraction of sp³-hybridized carbons (Fsp3) is 0.467. The number of fused-ring (bicyclic) bond motifs is 1. The Morgan fingerprint density at radius 3 is 2.89 bits per heavy atom. The van der Waals surface area contributed by atoms with E-state index in [2.05, 4.69) is 23.8 Å². The summed E-state index contributed by atoms with van der Waals surface area (Å²) in [5.41, 5.74) is 2.73. The summed E-state index contributed by atoms with van der Waals surface area (Å²) in [7, 11) is 0. The van der Waals surface area contributed by atoms with Crippen molar-refractivity contribution in [2.24, 2.45) is 5.41 Å². The maximum Gasteiger partial charge on any atom is 0.338 e. The smallest absolute Gasteiger partial charge is 0.338 e. The van der Waals surface area contributed by atoms with Crippen LogP contribution < -0.4 is 0 Å². The monoisotopic (exact) mass is 258 g/mol. The summed E-state index contributed by atoms with van der Waals surface area (Å²) in [5, 5.41) is 0. The molecule has 1 saturated carbocycles. The van der Waals surface area contributed by atoms with E-state index in [1.807, 2.05) is 12.1 Å². The summed E-state index contributed by atoms with van der Waals surface area (Å²) in [6.45, 7) is 6.69. The van der Waals surface area contributed by atoms with E-state index in [0.29, 0.717) is 23.5 Å². The highest BCUT2D eigenvalue weighted by Gasteiger charge is 2.48. The first-order chi connectivity index (χ1) is 9.01. The van der Waals surface area contributed by atoms with Crippen LogP contribution in [0, 0.1) is 5.41 Å². The van der Waals surface area contributed by atoms with Crippen molar-refractivity contribution in [2.45, 2.75) is 33.1 Å². The zero-order valence-corrected chi connectivity index (χ0v) is 11.5. The van der Waals surface area contributed by atoms with Gasteiger partial charge in [-0.15, -0.1) is 0 Å². The van der Waals surface area contributed by atoms with Crippen LogP contribution in [0.5, 0.6) is 0 Å². The highest BCUT2D eigenvalue weighted by molar-refractivity contribution is 5.93. The highest BCUT2D eigenvalue weighted by atomic mass is 16.5. The van der Waals surface area contributed by atoms with Gasteiger partial charge in [0.2, 0.25) is 0 Å². The van der Waals surface area contributed by atoms with Crippen molar-refractivity contribution in [1.82, 2.24) is 9.97 Å². The SMILES string of the molecule is CCOC(=O)c1ccc2nc(C3CC3(C)C)[nH]c2c1. The number of hydrogen-bond acceptors (Lipinski definition) is 3. The van der Waals surface area contributed by atoms with Gasteiger partial charge >= 0.3 is 5.97 Å². The number of imidazole rings is 1. The Morgan fingerprint density at radius 1 is 1.53 bits per heavy atom. The van der Waals surface area contributed by atoms with Crippen LogP contribution >= 0.6 is 0 Å². The highest BCUT2D eigenvalue weighted by Crippen LogP contribution is 2.57. The lowest BCUT2D eigenvalue weighted by atomic mass is 10.1. The molecule has 1 unspecified atom stereocenters. The first kappa shape index (κ1) is 12.2. The van der Waals surface area contributed by atoms with Crippen molar-refractivity contribution in [3.05, 3.63) is 29.6 Å². The fourth-order valence-electron chi connectivity index (χ4n) is 2.47. The number of H-pyrrole nitrogens is 1. The summed E-state index contributed by atoms with van der Waals surface area (Å²) in [5.74, 6) is 1.25. The van der Waals surface area contributed by atoms with E-state index < -0.39 is 0 Å². The number of hydrogen-bond donors (Lipinski definition) is 1. The van der Waals surface area contributed by atoms with Crippen LogP contribution in [0.15, 0.2) is 18.2 Å². The molecule has 0 bridgehead atoms. The molecule has 1 heterocycles. The van der Waals surface area contributed by atoms with E-state index in [-0.39, 0.29) is 5.97 Å². The van der Waals surface area contributed by atoms with Crippen molar-refractivity contribution in [3.63, 3.8) is 0 Å². The Labute approximate surface area is 112 Å². The molecular formula is C15H18N2O2. The zero-order chi connectivity index (χ0) is 13.6. The molecule has 19 heavy (non-hydrogen) atoms. The van der Waals surface area contributed by atoms with E-state index in [9.17, 15) is 4.79 Å². The summed E-state index contributed by atoms with van der Waals surface area (Å²) in [6.07, 6.45) is 1.16. The van der Waals surface area contributed by atoms with Gasteiger partial charge in [-0.05, 0) is 37.0 Å². The lowest BCUT2D eigenvalue weighted by Crippen LogP contribution is -2.04. The third-order valence-electron chi connectivity index (χ3n) is 3.85. The van der Waals surface area contributed by atoms with E-state index in [4.69, 9.17) is 4.74 Å². The van der Waals surface area contributed by atoms with Crippen LogP contribution in [-0.2, 0) is 4.74 Å². The topological polar surface area (TPSA) is 55.0 Å². The van der Waals surface area contributed by atoms with Crippen LogP contribution in [0.1, 0.15) is 49.3 Å². The summed E-state index contributed by atoms with van der Waals surface area (Å²) in [4.78, 5) is 19.6. The molecule has 0 radical (unpaired) electrons. The van der Waals surface area contributed by atoms with Gasteiger partial charge < -0.3 is 9.72 Å². The number of aromatic amines is 1. The second-order valence-corrected chi connectivity index (χ2v) is 5.82. The number of carbonyl (C=O) groups is 1. The van der Waals surface area contributed by atoms with Crippen molar-refractivity contribution in [2.75, 3.05) is 6.61 Å². The van der Waals surface area contributed by atoms with Gasteiger partial charge in [0.15, 0.2) is 0 Å². The number of aromatic nitrogens is 2. The molecular weight excluding hydrogens is 240 g/mol. The van der Waals surface area contributed by atoms with E-state index in [1.165, 1.54) is 0 Å². The quantitative estimate of drug-likeness (QED) is 0.860. The van der Waals surface area contributed by atoms with Gasteiger partial charge in [0, 0.05) is 5.92 Å². The number of esters is 1. The zero-order valence-electron chi connectivity index (χ0n) is 11.5. The maximum absolute atomic E-state index is 11.7. The van der Waals surface area contributed by atoms with Crippen molar-refractivity contribution >= 4 is 17.0 Å². The molecule has 4 nitrogen and oxygen atoms in total. The van der Waals surface area contributed by atoms with Crippen molar-refractivity contribution in [3.8, 4) is 0 Å². The van der Waals surface area contributed by atoms with Gasteiger partial charge in [0.25, 0.3) is 0 Å². The van der Waals surface area contributed by atoms with Gasteiger partial charge in [-0.25, -0.2) is 9.78 Å². The molecule has 2 aromatic rings. The minimum atomic E-state index is -0.285. The van der Waals surface area contributed by atoms with Crippen LogP contribution in [-0.4, -0.2) is 22.5 Å². The van der Waals surface area contributed by atoms with Crippen LogP contribution in [0.3, 0.4) is 0 Å². The van der Waals surface area contributed by atoms with Crippen LogP contribution in [0.25, 0.3) is 11.0 Å². The number of nitrogens with one attached hydrogen (secondary N) is 1. The van der Waals surface area contributed by atoms with Crippen LogP contribution in [0.2, 0.25) is 0 Å². The molecule has 0 amide bonds. The average molecular weight is 258 g/mol. The minimum absolute atomic E-state index is 0.285. The largest absolute Gasteiger partial charge is 0.462 e. The van der Waals surface area contributed by atoms with Gasteiger partial charge in [-0.2, -0.15) is 0 Å². The molecule has 0 saturated heterocycles. The van der Waals surface area contributed by atoms with E-state index >= 15 is 0 Å². The van der Waals surface area contributed by atoms with E-state index in [1.54, 1.807) is 13.0 Å². The molecule has 1 aromatic carbocycles. The predicted molar refractivity (Wildman–Crippen MR) is 73.2 cm³/mol. The molecule has 1 aliphatic rings. The fourth-order valence-corrected chi connectivity index (χ4v) is 2.47. The first-order valence-corrected chi connectivity index (χ1v) is 6.68. The summed E-state index contributed by atoms with van der Waals surface area (Å²) in [6, 6.07) is 5.46. The molecule has 1 fully saturated rings. The third-order valence-corrected chi connectivity index (χ3v) is 3.85. The molecule has 1 N–H and O–H groups in total. The maximum atomic E-state index is 11.7. The Balaban J connectivity index is 1.93. The second-order valence-electron chi connectivity index (χ2n) is 5.82. The lowest BCUT2D eigenvalue weighted by Gasteiger charge is -2.00. The summed E-state index contributed by atoms with van der Waals surface area (Å²) >= 11 is 0. The number of ether oxygens (including phenoxy) is 1. The number of carbonyl (C=O) groups excluding carboxylic acids is 1. The van der Waals surface area contributed by atoms with Gasteiger partial charge in [-0.1, -0.05) is 13.8 Å². The normalized spacial score (nSPS) is 20.5. The molecule has 100 valence electrons. The lowest BCUT2D eigenvalue weighted by molar-refractivity contribution is 0.0526. The van der Waals surface area contributed by atoms with Crippen LogP contribution in [0.4, 0.5) is 0 Å². The first-order valence-electron chi connectivity index (χ1n) is 6.68. The Bertz CT molecular complexity index is 643. The van der Waals surface area contributed by atoms with Gasteiger partial charge in [0.05, 0.1) is 23.2 Å². The van der Waals surface area contributed by atoms with Crippen molar-refractivity contribution < 1.29 is 9.53 Å². The van der Waals surface area contributed by atoms with Gasteiger partial charge in [-0.3, -0.25) is 0 Å². The number of rotatable bonds is 3. The second kappa shape index (κ2) is 4.08. The standard InChI is InChI=1S/C15H18N2O2/c1-4-19-14(18)9-5-6-11-12(7-9)17-13(16-11)10-8-15(10,2)3/h5-7,10H,4,8H2,1-3H3,(H,16,17). The Hall–Kier alpha value is -1.84. The molecule has 4 heteroatoms. The molecule has 0 spiro atoms. The Kier molecular flexibility index (Phi) is 2.62. The van der Waals surface area contributed by atoms with E-state index in [0.717, 1.165) is 23.3 Å². The summed E-state index contributed by atoms with van der Waals surface area (Å²) < 4.78 is 5.00. The molecule has 1 aromatic heterocycles. The minimum Gasteiger partial charge on any atom is -0.462 e. The molecule has 0 aliphatic heterocycles. The number of nitrogens with zero attached hydrogens (tertiary/aromatic N) is 1.